The van der Waals surface area contributed by atoms with Crippen LogP contribution in [0.1, 0.15) is 38.2 Å². The molecule has 1 aliphatic carbocycles. The van der Waals surface area contributed by atoms with Gasteiger partial charge in [0.25, 0.3) is 0 Å². The molecular weight excluding hydrogens is 296 g/mol. The maximum Gasteiger partial charge on any atom is 0.305 e. The number of esters is 2. The van der Waals surface area contributed by atoms with Crippen LogP contribution in [0.2, 0.25) is 0 Å². The van der Waals surface area contributed by atoms with Gasteiger partial charge in [-0.25, -0.2) is 0 Å². The average Bonchev–Trinajstić information content (AvgIpc) is 2.53. The molecule has 0 spiro atoms. The topological polar surface area (TPSA) is 61.8 Å². The fourth-order valence-electron chi connectivity index (χ4n) is 3.07. The summed E-state index contributed by atoms with van der Waals surface area (Å²) in [5, 5.41) is 0. The van der Waals surface area contributed by atoms with Gasteiger partial charge in [0.1, 0.15) is 6.10 Å². The highest BCUT2D eigenvalue weighted by Gasteiger charge is 2.32. The molecule has 0 bridgehead atoms. The Morgan fingerprint density at radius 1 is 1.09 bits per heavy atom. The minimum absolute atomic E-state index is 0.0250. The zero-order valence-electron chi connectivity index (χ0n) is 13.7. The van der Waals surface area contributed by atoms with Crippen molar-refractivity contribution in [2.45, 2.75) is 51.4 Å². The molecule has 2 rings (SSSR count). The molecule has 1 aliphatic rings. The van der Waals surface area contributed by atoms with E-state index in [0.717, 1.165) is 12.0 Å². The van der Waals surface area contributed by atoms with E-state index in [0.29, 0.717) is 25.9 Å². The molecule has 0 N–H and O–H groups in total. The average molecular weight is 320 g/mol. The summed E-state index contributed by atoms with van der Waals surface area (Å²) in [7, 11) is 1.39. The molecule has 23 heavy (non-hydrogen) atoms. The van der Waals surface area contributed by atoms with E-state index in [1.165, 1.54) is 14.0 Å². The van der Waals surface area contributed by atoms with Gasteiger partial charge < -0.3 is 14.2 Å². The van der Waals surface area contributed by atoms with E-state index in [9.17, 15) is 9.59 Å². The Morgan fingerprint density at radius 3 is 2.43 bits per heavy atom. The predicted molar refractivity (Wildman–Crippen MR) is 84.5 cm³/mol. The summed E-state index contributed by atoms with van der Waals surface area (Å²) in [6.07, 6.45) is 2.24. The minimum Gasteiger partial charge on any atom is -0.469 e. The van der Waals surface area contributed by atoms with Crippen molar-refractivity contribution >= 4 is 11.9 Å². The largest absolute Gasteiger partial charge is 0.469 e. The first kappa shape index (κ1) is 17.5. The smallest absolute Gasteiger partial charge is 0.305 e. The molecule has 5 heteroatoms. The van der Waals surface area contributed by atoms with E-state index < -0.39 is 0 Å². The van der Waals surface area contributed by atoms with E-state index in [1.54, 1.807) is 0 Å². The van der Waals surface area contributed by atoms with Crippen LogP contribution >= 0.6 is 0 Å². The van der Waals surface area contributed by atoms with Crippen molar-refractivity contribution in [3.8, 4) is 0 Å². The van der Waals surface area contributed by atoms with Gasteiger partial charge in [0.05, 0.1) is 19.8 Å². The van der Waals surface area contributed by atoms with E-state index >= 15 is 0 Å². The highest BCUT2D eigenvalue weighted by Crippen LogP contribution is 2.31. The lowest BCUT2D eigenvalue weighted by Gasteiger charge is -2.34. The van der Waals surface area contributed by atoms with Crippen LogP contribution in [0.25, 0.3) is 0 Å². The van der Waals surface area contributed by atoms with Crippen molar-refractivity contribution < 1.29 is 23.8 Å². The molecule has 1 aromatic rings. The Balaban J connectivity index is 1.93. The van der Waals surface area contributed by atoms with E-state index in [1.807, 2.05) is 30.3 Å². The first-order valence-electron chi connectivity index (χ1n) is 7.96. The molecule has 0 unspecified atom stereocenters. The second kappa shape index (κ2) is 8.67. The van der Waals surface area contributed by atoms with Crippen LogP contribution in [0, 0.1) is 5.92 Å². The summed E-state index contributed by atoms with van der Waals surface area (Å²) in [5.74, 6) is -0.419. The third-order valence-corrected chi connectivity index (χ3v) is 4.06. The number of ether oxygens (including phenoxy) is 3. The van der Waals surface area contributed by atoms with Crippen LogP contribution in [-0.4, -0.2) is 31.3 Å². The van der Waals surface area contributed by atoms with Gasteiger partial charge in [0.15, 0.2) is 0 Å². The second-order valence-corrected chi connectivity index (χ2v) is 6.00. The molecule has 5 nitrogen and oxygen atoms in total. The van der Waals surface area contributed by atoms with Gasteiger partial charge >= 0.3 is 11.9 Å². The van der Waals surface area contributed by atoms with Crippen molar-refractivity contribution in [3.63, 3.8) is 0 Å². The third kappa shape index (κ3) is 6.02. The molecule has 1 aromatic carbocycles. The lowest BCUT2D eigenvalue weighted by molar-refractivity contribution is -0.153. The van der Waals surface area contributed by atoms with Gasteiger partial charge in [-0.1, -0.05) is 30.3 Å². The molecule has 3 atom stereocenters. The van der Waals surface area contributed by atoms with Crippen molar-refractivity contribution in [2.75, 3.05) is 7.11 Å². The fourth-order valence-corrected chi connectivity index (χ4v) is 3.07. The summed E-state index contributed by atoms with van der Waals surface area (Å²) in [4.78, 5) is 22.8. The van der Waals surface area contributed by atoms with Crippen LogP contribution in [0.3, 0.4) is 0 Å². The van der Waals surface area contributed by atoms with Crippen molar-refractivity contribution in [1.29, 1.82) is 0 Å². The quantitative estimate of drug-likeness (QED) is 0.754. The van der Waals surface area contributed by atoms with Gasteiger partial charge in [-0.15, -0.1) is 0 Å². The SMILES string of the molecule is COC(=O)C[C@@H]1C[C@@H](OCc2ccccc2)C[C@H](OC(C)=O)C1. The van der Waals surface area contributed by atoms with Crippen LogP contribution < -0.4 is 0 Å². The van der Waals surface area contributed by atoms with E-state index in [-0.39, 0.29) is 30.1 Å². The zero-order chi connectivity index (χ0) is 16.7. The van der Waals surface area contributed by atoms with Gasteiger partial charge in [-0.05, 0) is 24.3 Å². The Bertz CT molecular complexity index is 513. The highest BCUT2D eigenvalue weighted by atomic mass is 16.5. The highest BCUT2D eigenvalue weighted by molar-refractivity contribution is 5.69. The monoisotopic (exact) mass is 320 g/mol. The van der Waals surface area contributed by atoms with E-state index in [2.05, 4.69) is 0 Å². The van der Waals surface area contributed by atoms with Gasteiger partial charge in [0, 0.05) is 19.8 Å². The normalized spacial score (nSPS) is 24.0. The number of hydrogen-bond donors (Lipinski definition) is 0. The Kier molecular flexibility index (Phi) is 6.59. The van der Waals surface area contributed by atoms with Crippen LogP contribution in [0.5, 0.6) is 0 Å². The Labute approximate surface area is 136 Å². The van der Waals surface area contributed by atoms with Crippen LogP contribution in [-0.2, 0) is 30.4 Å². The number of rotatable bonds is 6. The number of carbonyl (C=O) groups is 2. The molecule has 0 saturated heterocycles. The molecule has 1 fully saturated rings. The van der Waals surface area contributed by atoms with Crippen LogP contribution in [0.15, 0.2) is 30.3 Å². The Hall–Kier alpha value is -1.88. The fraction of sp³-hybridized carbons (Fsp3) is 0.556. The lowest BCUT2D eigenvalue weighted by Crippen LogP contribution is -2.35. The lowest BCUT2D eigenvalue weighted by atomic mass is 9.83. The molecule has 0 radical (unpaired) electrons. The number of methoxy groups -OCH3 is 1. The standard InChI is InChI=1S/C18H24O5/c1-13(19)23-17-9-15(10-18(20)21-2)8-16(11-17)22-12-14-6-4-3-5-7-14/h3-7,15-17H,8-12H2,1-2H3/t15-,16-,17-/m1/s1. The van der Waals surface area contributed by atoms with E-state index in [4.69, 9.17) is 14.2 Å². The summed E-state index contributed by atoms with van der Waals surface area (Å²) in [5.41, 5.74) is 1.10. The molecule has 0 amide bonds. The Morgan fingerprint density at radius 2 is 1.78 bits per heavy atom. The molecule has 0 heterocycles. The van der Waals surface area contributed by atoms with Crippen molar-refractivity contribution in [2.24, 2.45) is 5.92 Å². The summed E-state index contributed by atoms with van der Waals surface area (Å²) >= 11 is 0. The first-order chi connectivity index (χ1) is 11.1. The predicted octanol–water partition coefficient (Wildman–Crippen LogP) is 2.87. The number of carbonyl (C=O) groups excluding carboxylic acids is 2. The maximum atomic E-state index is 11.5. The molecular formula is C18H24O5. The molecule has 126 valence electrons. The van der Waals surface area contributed by atoms with Crippen molar-refractivity contribution in [3.05, 3.63) is 35.9 Å². The van der Waals surface area contributed by atoms with Gasteiger partial charge in [-0.3, -0.25) is 9.59 Å². The zero-order valence-corrected chi connectivity index (χ0v) is 13.7. The number of benzene rings is 1. The van der Waals surface area contributed by atoms with Gasteiger partial charge in [0.2, 0.25) is 0 Å². The first-order valence-corrected chi connectivity index (χ1v) is 7.96. The van der Waals surface area contributed by atoms with Crippen LogP contribution in [0.4, 0.5) is 0 Å². The summed E-state index contributed by atoms with van der Waals surface area (Å²) in [6, 6.07) is 9.94. The van der Waals surface area contributed by atoms with Crippen molar-refractivity contribution in [1.82, 2.24) is 0 Å². The minimum atomic E-state index is -0.296. The third-order valence-electron chi connectivity index (χ3n) is 4.06. The van der Waals surface area contributed by atoms with Gasteiger partial charge in [-0.2, -0.15) is 0 Å². The maximum absolute atomic E-state index is 11.5. The molecule has 1 saturated carbocycles. The number of hydrogen-bond acceptors (Lipinski definition) is 5. The molecule has 0 aliphatic heterocycles. The summed E-state index contributed by atoms with van der Waals surface area (Å²) < 4.78 is 16.1. The molecule has 0 aromatic heterocycles. The summed E-state index contributed by atoms with van der Waals surface area (Å²) in [6.45, 7) is 1.92. The second-order valence-electron chi connectivity index (χ2n) is 6.00.